The molecule has 5 nitrogen and oxygen atoms in total. The summed E-state index contributed by atoms with van der Waals surface area (Å²) >= 11 is 9.66. The van der Waals surface area contributed by atoms with Crippen LogP contribution in [0.4, 0.5) is 0 Å². The van der Waals surface area contributed by atoms with Crippen molar-refractivity contribution >= 4 is 39.0 Å². The molecule has 2 saturated heterocycles. The van der Waals surface area contributed by atoms with Crippen molar-refractivity contribution in [1.29, 1.82) is 0 Å². The highest BCUT2D eigenvalue weighted by molar-refractivity contribution is 9.10. The fraction of sp³-hybridized carbons (Fsp3) is 0.533. The van der Waals surface area contributed by atoms with Crippen LogP contribution in [-0.4, -0.2) is 37.8 Å². The van der Waals surface area contributed by atoms with Gasteiger partial charge in [0.25, 0.3) is 0 Å². The summed E-state index contributed by atoms with van der Waals surface area (Å²) < 4.78 is 2.71. The van der Waals surface area contributed by atoms with Gasteiger partial charge in [-0.3, -0.25) is 9.20 Å². The minimum atomic E-state index is 0.246. The molecular formula is C15H16BrClN4O. The Morgan fingerprint density at radius 1 is 1.32 bits per heavy atom. The van der Waals surface area contributed by atoms with Crippen LogP contribution in [0.1, 0.15) is 43.8 Å². The first-order chi connectivity index (χ1) is 10.6. The highest BCUT2D eigenvalue weighted by Gasteiger charge is 2.36. The lowest BCUT2D eigenvalue weighted by Gasteiger charge is -2.42. The summed E-state index contributed by atoms with van der Waals surface area (Å²) in [5, 5.41) is 0.441. The summed E-state index contributed by atoms with van der Waals surface area (Å²) in [7, 11) is 0. The fourth-order valence-corrected chi connectivity index (χ4v) is 4.66. The molecule has 0 aliphatic carbocycles. The van der Waals surface area contributed by atoms with Crippen LogP contribution in [0.2, 0.25) is 5.15 Å². The van der Waals surface area contributed by atoms with E-state index in [1.165, 1.54) is 0 Å². The van der Waals surface area contributed by atoms with Crippen molar-refractivity contribution in [2.45, 2.75) is 44.1 Å². The zero-order valence-corrected chi connectivity index (χ0v) is 14.3. The Morgan fingerprint density at radius 2 is 2.18 bits per heavy atom. The van der Waals surface area contributed by atoms with Gasteiger partial charge in [0, 0.05) is 37.3 Å². The number of carbonyl (C=O) groups excluding carboxylic acids is 1. The van der Waals surface area contributed by atoms with Crippen LogP contribution in [0.3, 0.4) is 0 Å². The second kappa shape index (κ2) is 5.49. The van der Waals surface area contributed by atoms with E-state index in [-0.39, 0.29) is 5.92 Å². The van der Waals surface area contributed by atoms with Crippen molar-refractivity contribution in [1.82, 2.24) is 19.3 Å². The summed E-state index contributed by atoms with van der Waals surface area (Å²) in [6.45, 7) is 0.759. The zero-order chi connectivity index (χ0) is 15.3. The van der Waals surface area contributed by atoms with Crippen molar-refractivity contribution < 1.29 is 4.79 Å². The number of nitrogens with zero attached hydrogens (tertiary/aromatic N) is 4. The van der Waals surface area contributed by atoms with Gasteiger partial charge in [-0.1, -0.05) is 11.6 Å². The van der Waals surface area contributed by atoms with Crippen molar-refractivity contribution in [3.63, 3.8) is 0 Å². The van der Waals surface area contributed by atoms with Gasteiger partial charge < -0.3 is 4.90 Å². The molecule has 0 bridgehead atoms. The molecule has 0 spiro atoms. The van der Waals surface area contributed by atoms with E-state index < -0.39 is 0 Å². The van der Waals surface area contributed by atoms with Crippen LogP contribution < -0.4 is 0 Å². The molecule has 1 amide bonds. The molecule has 0 aromatic carbocycles. The van der Waals surface area contributed by atoms with Crippen molar-refractivity contribution in [3.8, 4) is 0 Å². The largest absolute Gasteiger partial charge is 0.339 e. The van der Waals surface area contributed by atoms with Crippen LogP contribution in [0.15, 0.2) is 17.0 Å². The molecule has 2 fully saturated rings. The fourth-order valence-electron chi connectivity index (χ4n) is 3.75. The van der Waals surface area contributed by atoms with Crippen LogP contribution in [-0.2, 0) is 4.79 Å². The van der Waals surface area contributed by atoms with Gasteiger partial charge in [-0.2, -0.15) is 0 Å². The first-order valence-electron chi connectivity index (χ1n) is 7.62. The van der Waals surface area contributed by atoms with E-state index in [1.807, 2.05) is 10.6 Å². The molecule has 0 radical (unpaired) electrons. The Hall–Kier alpha value is -1.14. The highest BCUT2D eigenvalue weighted by atomic mass is 79.9. The number of aromatic nitrogens is 3. The Labute approximate surface area is 141 Å². The first-order valence-corrected chi connectivity index (χ1v) is 8.79. The predicted molar refractivity (Wildman–Crippen MR) is 87.0 cm³/mol. The van der Waals surface area contributed by atoms with Gasteiger partial charge in [-0.15, -0.1) is 0 Å². The van der Waals surface area contributed by atoms with E-state index in [2.05, 4.69) is 30.8 Å². The molecule has 2 aromatic heterocycles. The number of imidazole rings is 1. The van der Waals surface area contributed by atoms with Crippen LogP contribution in [0.25, 0.3) is 5.52 Å². The molecule has 116 valence electrons. The predicted octanol–water partition coefficient (Wildman–Crippen LogP) is 3.40. The molecule has 2 atom stereocenters. The zero-order valence-electron chi connectivity index (χ0n) is 12.0. The number of halogens is 2. The summed E-state index contributed by atoms with van der Waals surface area (Å²) in [6.07, 6.45) is 8.54. The van der Waals surface area contributed by atoms with Gasteiger partial charge in [0.1, 0.15) is 15.9 Å². The smallest absolute Gasteiger partial charge is 0.222 e. The average molecular weight is 384 g/mol. The maximum atomic E-state index is 12.2. The first kappa shape index (κ1) is 14.5. The molecule has 2 aliphatic rings. The summed E-state index contributed by atoms with van der Waals surface area (Å²) in [6, 6.07) is 0.428. The minimum Gasteiger partial charge on any atom is -0.339 e. The van der Waals surface area contributed by atoms with Crippen molar-refractivity contribution in [2.24, 2.45) is 0 Å². The van der Waals surface area contributed by atoms with Gasteiger partial charge in [0.15, 0.2) is 5.15 Å². The number of fused-ring (bicyclic) bond motifs is 2. The molecule has 0 N–H and O–H groups in total. The van der Waals surface area contributed by atoms with Gasteiger partial charge >= 0.3 is 0 Å². The molecule has 22 heavy (non-hydrogen) atoms. The van der Waals surface area contributed by atoms with Crippen molar-refractivity contribution in [2.75, 3.05) is 6.54 Å². The van der Waals surface area contributed by atoms with Gasteiger partial charge in [-0.05, 0) is 41.6 Å². The quantitative estimate of drug-likeness (QED) is 0.758. The monoisotopic (exact) mass is 382 g/mol. The molecule has 2 unspecified atom stereocenters. The highest BCUT2D eigenvalue weighted by Crippen LogP contribution is 2.36. The number of rotatable bonds is 1. The van der Waals surface area contributed by atoms with E-state index in [1.54, 1.807) is 6.20 Å². The Balaban J connectivity index is 1.71. The number of piperidine rings is 2. The van der Waals surface area contributed by atoms with Crippen LogP contribution >= 0.6 is 27.5 Å². The lowest BCUT2D eigenvalue weighted by Crippen LogP contribution is -2.48. The Kier molecular flexibility index (Phi) is 3.61. The molecule has 4 rings (SSSR count). The minimum absolute atomic E-state index is 0.246. The number of amides is 1. The van der Waals surface area contributed by atoms with E-state index in [4.69, 9.17) is 11.6 Å². The van der Waals surface area contributed by atoms with E-state index >= 15 is 0 Å². The normalized spacial score (nSPS) is 25.5. The SMILES string of the molecule is O=C1CCCC2CCC(c3nc(Br)c4c(Cl)nccn34)CN12. The Morgan fingerprint density at radius 3 is 3.05 bits per heavy atom. The summed E-state index contributed by atoms with van der Waals surface area (Å²) in [5.74, 6) is 1.50. The lowest BCUT2D eigenvalue weighted by molar-refractivity contribution is -0.138. The number of carbonyl (C=O) groups is 1. The average Bonchev–Trinajstić information content (AvgIpc) is 2.86. The standard InChI is InChI=1S/C15H16BrClN4O/c16-13-12-14(17)18-6-7-20(12)15(19-13)9-4-5-10-2-1-3-11(22)21(10)8-9/h6-7,9-10H,1-5,8H2. The van der Waals surface area contributed by atoms with Crippen LogP contribution in [0, 0.1) is 0 Å². The third-order valence-electron chi connectivity index (χ3n) is 4.81. The second-order valence-electron chi connectivity index (χ2n) is 6.06. The number of hydrogen-bond donors (Lipinski definition) is 0. The molecule has 4 heterocycles. The van der Waals surface area contributed by atoms with Crippen molar-refractivity contribution in [3.05, 3.63) is 28.0 Å². The molecule has 2 aromatic rings. The molecule has 2 aliphatic heterocycles. The van der Waals surface area contributed by atoms with E-state index in [9.17, 15) is 4.79 Å². The Bertz CT molecular complexity index is 746. The summed E-state index contributed by atoms with van der Waals surface area (Å²) in [4.78, 5) is 23.0. The topological polar surface area (TPSA) is 50.5 Å². The summed E-state index contributed by atoms with van der Waals surface area (Å²) in [5.41, 5.74) is 0.797. The van der Waals surface area contributed by atoms with Gasteiger partial charge in [-0.25, -0.2) is 9.97 Å². The molecule has 7 heteroatoms. The van der Waals surface area contributed by atoms with Crippen LogP contribution in [0.5, 0.6) is 0 Å². The maximum absolute atomic E-state index is 12.2. The van der Waals surface area contributed by atoms with Gasteiger partial charge in [0.2, 0.25) is 5.91 Å². The third-order valence-corrected chi connectivity index (χ3v) is 5.64. The third kappa shape index (κ3) is 2.24. The van der Waals surface area contributed by atoms with E-state index in [0.29, 0.717) is 28.1 Å². The lowest BCUT2D eigenvalue weighted by atomic mass is 9.87. The maximum Gasteiger partial charge on any atom is 0.222 e. The molecular weight excluding hydrogens is 368 g/mol. The molecule has 0 saturated carbocycles. The number of hydrogen-bond acceptors (Lipinski definition) is 3. The van der Waals surface area contributed by atoms with Gasteiger partial charge in [0.05, 0.1) is 0 Å². The second-order valence-corrected chi connectivity index (χ2v) is 7.17. The van der Waals surface area contributed by atoms with E-state index in [0.717, 1.165) is 43.6 Å².